The van der Waals surface area contributed by atoms with Crippen molar-refractivity contribution in [1.29, 1.82) is 0 Å². The van der Waals surface area contributed by atoms with E-state index in [9.17, 15) is 4.57 Å². The topological polar surface area (TPSA) is 60.8 Å². The lowest BCUT2D eigenvalue weighted by molar-refractivity contribution is 0.372. The van der Waals surface area contributed by atoms with Gasteiger partial charge in [-0.2, -0.15) is 0 Å². The molecule has 0 bridgehead atoms. The van der Waals surface area contributed by atoms with Crippen LogP contribution in [0.3, 0.4) is 0 Å². The fraction of sp³-hybridized carbons (Fsp3) is 0.294. The van der Waals surface area contributed by atoms with Crippen molar-refractivity contribution in [1.82, 2.24) is 0 Å². The maximum Gasteiger partial charge on any atom is 0.325 e. The average Bonchev–Trinajstić information content (AvgIpc) is 2.44. The Bertz CT molecular complexity index is 736. The summed E-state index contributed by atoms with van der Waals surface area (Å²) in [7, 11) is -3.95. The first-order chi connectivity index (χ1) is 10.8. The molecule has 0 aliphatic carbocycles. The molecule has 0 spiro atoms. The van der Waals surface area contributed by atoms with E-state index < -0.39 is 7.60 Å². The van der Waals surface area contributed by atoms with E-state index in [0.717, 1.165) is 11.4 Å². The lowest BCUT2D eigenvalue weighted by atomic mass is 10.1. The number of hydrogen-bond acceptors (Lipinski definition) is 3. The van der Waals surface area contributed by atoms with Crippen LogP contribution in [0.15, 0.2) is 46.2 Å². The summed E-state index contributed by atoms with van der Waals surface area (Å²) in [5.41, 5.74) is 4.65. The van der Waals surface area contributed by atoms with Gasteiger partial charge in [0.15, 0.2) is 0 Å². The fourth-order valence-corrected chi connectivity index (χ4v) is 4.62. The summed E-state index contributed by atoms with van der Waals surface area (Å²) in [5, 5.41) is 0. The molecular weight excluding hydrogens is 329 g/mol. The Morgan fingerprint density at radius 2 is 1.52 bits per heavy atom. The van der Waals surface area contributed by atoms with Crippen molar-refractivity contribution in [2.75, 3.05) is 17.6 Å². The Labute approximate surface area is 140 Å². The minimum atomic E-state index is -3.95. The number of fused-ring (bicyclic) bond motifs is 2. The van der Waals surface area contributed by atoms with Crippen molar-refractivity contribution in [2.24, 2.45) is 0 Å². The highest BCUT2D eigenvalue weighted by Crippen LogP contribution is 2.49. The van der Waals surface area contributed by atoms with E-state index >= 15 is 0 Å². The van der Waals surface area contributed by atoms with Crippen LogP contribution in [0.5, 0.6) is 0 Å². The van der Waals surface area contributed by atoms with Crippen LogP contribution in [0.25, 0.3) is 0 Å². The van der Waals surface area contributed by atoms with Crippen molar-refractivity contribution in [2.45, 2.75) is 30.1 Å². The maximum absolute atomic E-state index is 11.1. The van der Waals surface area contributed by atoms with Crippen LogP contribution in [-0.2, 0) is 4.57 Å². The predicted octanol–water partition coefficient (Wildman–Crippen LogP) is 4.47. The normalized spacial score (nSPS) is 13.7. The standard InChI is InChI=1S/C17H20NO3PS/c1-12-4-6-14-16(10-12)23-17-11-13(2)5-7-15(17)18(14)8-3-9-22(19,20)21/h4-7,10-11H,3,8-9H2,1-2H3,(H2,19,20,21). The summed E-state index contributed by atoms with van der Waals surface area (Å²) in [6, 6.07) is 12.7. The molecule has 1 aliphatic rings. The Morgan fingerprint density at radius 1 is 1.00 bits per heavy atom. The molecule has 1 heterocycles. The Balaban J connectivity index is 1.95. The van der Waals surface area contributed by atoms with Crippen LogP contribution in [-0.4, -0.2) is 22.5 Å². The Kier molecular flexibility index (Phi) is 4.56. The minimum absolute atomic E-state index is 0.0843. The minimum Gasteiger partial charge on any atom is -0.340 e. The molecule has 0 amide bonds. The van der Waals surface area contributed by atoms with E-state index in [2.05, 4.69) is 55.1 Å². The smallest absolute Gasteiger partial charge is 0.325 e. The molecule has 1 aliphatic heterocycles. The van der Waals surface area contributed by atoms with Crippen LogP contribution in [0.4, 0.5) is 11.4 Å². The highest BCUT2D eigenvalue weighted by atomic mass is 32.2. The molecule has 0 aromatic heterocycles. The average molecular weight is 349 g/mol. The van der Waals surface area contributed by atoms with Gasteiger partial charge in [0.1, 0.15) is 0 Å². The SMILES string of the molecule is Cc1ccc2c(c1)Sc1cc(C)ccc1N2CCCP(=O)(O)O. The second kappa shape index (κ2) is 6.33. The zero-order chi connectivity index (χ0) is 16.6. The molecular formula is C17H20NO3PS. The molecule has 2 N–H and O–H groups in total. The first-order valence-electron chi connectivity index (χ1n) is 7.55. The molecule has 0 fully saturated rings. The van der Waals surface area contributed by atoms with Gasteiger partial charge >= 0.3 is 7.60 Å². The molecule has 6 heteroatoms. The highest BCUT2D eigenvalue weighted by molar-refractivity contribution is 7.99. The quantitative estimate of drug-likeness (QED) is 0.797. The summed E-state index contributed by atoms with van der Waals surface area (Å²) >= 11 is 1.76. The molecule has 23 heavy (non-hydrogen) atoms. The van der Waals surface area contributed by atoms with E-state index in [1.807, 2.05) is 0 Å². The number of anilines is 2. The van der Waals surface area contributed by atoms with Crippen LogP contribution < -0.4 is 4.90 Å². The molecule has 0 saturated heterocycles. The van der Waals surface area contributed by atoms with Crippen molar-refractivity contribution in [3.05, 3.63) is 47.5 Å². The largest absolute Gasteiger partial charge is 0.340 e. The van der Waals surface area contributed by atoms with Gasteiger partial charge in [0, 0.05) is 16.3 Å². The molecule has 0 radical (unpaired) electrons. The predicted molar refractivity (Wildman–Crippen MR) is 95.0 cm³/mol. The van der Waals surface area contributed by atoms with Gasteiger partial charge in [-0.25, -0.2) is 0 Å². The van der Waals surface area contributed by atoms with Gasteiger partial charge in [-0.1, -0.05) is 23.9 Å². The number of nitrogens with zero attached hydrogens (tertiary/aromatic N) is 1. The summed E-state index contributed by atoms with van der Waals surface area (Å²) in [4.78, 5) is 22.8. The lowest BCUT2D eigenvalue weighted by Gasteiger charge is -2.33. The molecule has 0 saturated carbocycles. The number of aryl methyl sites for hydroxylation is 2. The van der Waals surface area contributed by atoms with Gasteiger partial charge in [-0.3, -0.25) is 4.57 Å². The van der Waals surface area contributed by atoms with Gasteiger partial charge in [0.25, 0.3) is 0 Å². The highest BCUT2D eigenvalue weighted by Gasteiger charge is 2.24. The second-order valence-electron chi connectivity index (χ2n) is 5.94. The van der Waals surface area contributed by atoms with E-state index in [-0.39, 0.29) is 6.16 Å². The monoisotopic (exact) mass is 349 g/mol. The molecule has 0 atom stereocenters. The summed E-state index contributed by atoms with van der Waals surface area (Å²) in [5.74, 6) is 0. The molecule has 122 valence electrons. The maximum atomic E-state index is 11.1. The van der Waals surface area contributed by atoms with E-state index in [4.69, 9.17) is 9.79 Å². The van der Waals surface area contributed by atoms with Gasteiger partial charge in [-0.15, -0.1) is 0 Å². The van der Waals surface area contributed by atoms with Crippen LogP contribution >= 0.6 is 19.4 Å². The number of benzene rings is 2. The third-order valence-corrected chi connectivity index (χ3v) is 5.86. The van der Waals surface area contributed by atoms with Gasteiger partial charge < -0.3 is 14.7 Å². The zero-order valence-electron chi connectivity index (χ0n) is 13.2. The van der Waals surface area contributed by atoms with Crippen molar-refractivity contribution >= 4 is 30.7 Å². The van der Waals surface area contributed by atoms with Crippen LogP contribution in [0.1, 0.15) is 17.5 Å². The molecule has 4 nitrogen and oxygen atoms in total. The van der Waals surface area contributed by atoms with Gasteiger partial charge in [0.2, 0.25) is 0 Å². The van der Waals surface area contributed by atoms with E-state index in [0.29, 0.717) is 13.0 Å². The summed E-state index contributed by atoms with van der Waals surface area (Å²) in [6.07, 6.45) is 0.370. The van der Waals surface area contributed by atoms with Gasteiger partial charge in [0.05, 0.1) is 17.5 Å². The third-order valence-electron chi connectivity index (χ3n) is 3.86. The first kappa shape index (κ1) is 16.6. The number of rotatable bonds is 4. The number of hydrogen-bond donors (Lipinski definition) is 2. The molecule has 3 rings (SSSR count). The van der Waals surface area contributed by atoms with Crippen molar-refractivity contribution in [3.63, 3.8) is 0 Å². The molecule has 2 aromatic carbocycles. The van der Waals surface area contributed by atoms with Crippen molar-refractivity contribution in [3.8, 4) is 0 Å². The van der Waals surface area contributed by atoms with E-state index in [1.54, 1.807) is 11.8 Å². The fourth-order valence-electron chi connectivity index (χ4n) is 2.78. The van der Waals surface area contributed by atoms with E-state index in [1.165, 1.54) is 20.9 Å². The summed E-state index contributed by atoms with van der Waals surface area (Å²) < 4.78 is 11.1. The third kappa shape index (κ3) is 3.81. The zero-order valence-corrected chi connectivity index (χ0v) is 14.9. The Morgan fingerprint density at radius 3 is 2.00 bits per heavy atom. The summed E-state index contributed by atoms with van der Waals surface area (Å²) in [6.45, 7) is 4.74. The van der Waals surface area contributed by atoms with Crippen LogP contribution in [0.2, 0.25) is 0 Å². The molecule has 0 unspecified atom stereocenters. The van der Waals surface area contributed by atoms with Crippen molar-refractivity contribution < 1.29 is 14.4 Å². The van der Waals surface area contributed by atoms with Gasteiger partial charge in [-0.05, 0) is 55.7 Å². The Hall–Kier alpha value is -1.26. The lowest BCUT2D eigenvalue weighted by Crippen LogP contribution is -2.22. The molecule has 2 aromatic rings. The van der Waals surface area contributed by atoms with Crippen LogP contribution in [0, 0.1) is 13.8 Å². The first-order valence-corrected chi connectivity index (χ1v) is 10.2. The second-order valence-corrected chi connectivity index (χ2v) is 8.80.